The molecule has 2 aliphatic heterocycles. The number of Topliss-reactive ketones (excluding diaryl/α,β-unsaturated/α-hetero) is 1. The van der Waals surface area contributed by atoms with E-state index in [1.54, 1.807) is 6.92 Å². The van der Waals surface area contributed by atoms with Gasteiger partial charge in [0.2, 0.25) is 6.29 Å². The molecule has 0 amide bonds. The van der Waals surface area contributed by atoms with Crippen LogP contribution in [-0.4, -0.2) is 45.8 Å². The lowest BCUT2D eigenvalue weighted by atomic mass is 9.96. The molecule has 0 spiro atoms. The number of aliphatic hydroxyl groups excluding tert-OH is 2. The van der Waals surface area contributed by atoms with Crippen molar-refractivity contribution < 1.29 is 24.5 Å². The van der Waals surface area contributed by atoms with Crippen LogP contribution in [-0.2, 0) is 20.7 Å². The molecule has 1 aromatic carbocycles. The number of ketones is 1. The van der Waals surface area contributed by atoms with Crippen molar-refractivity contribution >= 4 is 17.5 Å². The number of carbonyl (C=O) groups excluding carboxylic acids is 1. The zero-order chi connectivity index (χ0) is 16.8. The van der Waals surface area contributed by atoms with Gasteiger partial charge >= 0.3 is 0 Å². The number of rotatable bonds is 2. The van der Waals surface area contributed by atoms with Crippen molar-refractivity contribution in [1.82, 2.24) is 0 Å². The van der Waals surface area contributed by atoms with Crippen molar-refractivity contribution in [2.45, 2.75) is 49.6 Å². The molecule has 24 heavy (non-hydrogen) atoms. The number of allylic oxidation sites excluding steroid dienone is 2. The van der Waals surface area contributed by atoms with E-state index >= 15 is 0 Å². The van der Waals surface area contributed by atoms with E-state index in [1.165, 1.54) is 11.8 Å². The standard InChI is InChI=1S/C18H20O5S/c1-9-13(19)15(21)17-18(22-9)23-12-8-11(14(20)16(12)24-17)7-10-5-3-2-4-6-10/h2-6,9,11,13,15,17-19,21H,7-8H2,1H3. The lowest BCUT2D eigenvalue weighted by Crippen LogP contribution is -2.56. The van der Waals surface area contributed by atoms with Crippen LogP contribution in [0.3, 0.4) is 0 Å². The van der Waals surface area contributed by atoms with Gasteiger partial charge < -0.3 is 19.7 Å². The molecular formula is C18H20O5S. The van der Waals surface area contributed by atoms with Gasteiger partial charge in [-0.3, -0.25) is 4.79 Å². The number of fused-ring (bicyclic) bond motifs is 1. The predicted molar refractivity (Wildman–Crippen MR) is 89.1 cm³/mol. The number of carbonyl (C=O) groups is 1. The molecule has 0 aromatic heterocycles. The Morgan fingerprint density at radius 1 is 1.21 bits per heavy atom. The topological polar surface area (TPSA) is 76.0 Å². The summed E-state index contributed by atoms with van der Waals surface area (Å²) in [6.45, 7) is 1.71. The Kier molecular flexibility index (Phi) is 4.16. The summed E-state index contributed by atoms with van der Waals surface area (Å²) in [6, 6.07) is 9.92. The highest BCUT2D eigenvalue weighted by atomic mass is 32.2. The van der Waals surface area contributed by atoms with Crippen molar-refractivity contribution in [1.29, 1.82) is 0 Å². The van der Waals surface area contributed by atoms with Gasteiger partial charge in [-0.1, -0.05) is 30.3 Å². The molecule has 5 nitrogen and oxygen atoms in total. The van der Waals surface area contributed by atoms with Gasteiger partial charge in [0.1, 0.15) is 23.2 Å². The Labute approximate surface area is 144 Å². The van der Waals surface area contributed by atoms with Crippen molar-refractivity contribution in [3.8, 4) is 0 Å². The van der Waals surface area contributed by atoms with Crippen LogP contribution in [0.4, 0.5) is 0 Å². The number of ether oxygens (including phenoxy) is 2. The van der Waals surface area contributed by atoms with E-state index in [2.05, 4.69) is 0 Å². The highest BCUT2D eigenvalue weighted by molar-refractivity contribution is 8.04. The van der Waals surface area contributed by atoms with Crippen LogP contribution in [0.2, 0.25) is 0 Å². The average Bonchev–Trinajstić information content (AvgIpc) is 2.88. The second-order valence-corrected chi connectivity index (χ2v) is 7.79. The van der Waals surface area contributed by atoms with Gasteiger partial charge in [-0.15, -0.1) is 11.8 Å². The summed E-state index contributed by atoms with van der Waals surface area (Å²) >= 11 is 1.29. The Morgan fingerprint density at radius 3 is 2.71 bits per heavy atom. The molecule has 2 heterocycles. The summed E-state index contributed by atoms with van der Waals surface area (Å²) in [5.74, 6) is 0.602. The van der Waals surface area contributed by atoms with Gasteiger partial charge in [0.25, 0.3) is 0 Å². The first-order chi connectivity index (χ1) is 11.5. The number of hydrogen-bond donors (Lipinski definition) is 2. The lowest BCUT2D eigenvalue weighted by molar-refractivity contribution is -0.230. The normalized spacial score (nSPS) is 38.5. The fourth-order valence-electron chi connectivity index (χ4n) is 3.52. The first-order valence-corrected chi connectivity index (χ1v) is 9.08. The molecular weight excluding hydrogens is 328 g/mol. The zero-order valence-corrected chi connectivity index (χ0v) is 14.1. The molecule has 1 aromatic rings. The average molecular weight is 348 g/mol. The molecule has 0 bridgehead atoms. The fourth-order valence-corrected chi connectivity index (χ4v) is 4.87. The van der Waals surface area contributed by atoms with E-state index in [4.69, 9.17) is 9.47 Å². The second kappa shape index (κ2) is 6.19. The summed E-state index contributed by atoms with van der Waals surface area (Å²) in [5, 5.41) is 19.8. The summed E-state index contributed by atoms with van der Waals surface area (Å²) < 4.78 is 11.6. The third-order valence-electron chi connectivity index (χ3n) is 4.90. The number of thioether (sulfide) groups is 1. The van der Waals surface area contributed by atoms with Crippen LogP contribution in [0, 0.1) is 5.92 Å². The van der Waals surface area contributed by atoms with E-state index in [0.717, 1.165) is 5.56 Å². The minimum absolute atomic E-state index is 0.0672. The molecule has 6 heteroatoms. The van der Waals surface area contributed by atoms with Crippen LogP contribution < -0.4 is 0 Å². The number of aliphatic hydroxyl groups is 2. The maximum atomic E-state index is 12.7. The molecule has 0 saturated carbocycles. The first-order valence-electron chi connectivity index (χ1n) is 8.21. The highest BCUT2D eigenvalue weighted by Gasteiger charge is 2.51. The van der Waals surface area contributed by atoms with Crippen molar-refractivity contribution in [2.24, 2.45) is 5.92 Å². The maximum Gasteiger partial charge on any atom is 0.214 e. The van der Waals surface area contributed by atoms with E-state index in [-0.39, 0.29) is 11.7 Å². The van der Waals surface area contributed by atoms with E-state index in [9.17, 15) is 15.0 Å². The Morgan fingerprint density at radius 2 is 1.96 bits per heavy atom. The van der Waals surface area contributed by atoms with Crippen molar-refractivity contribution in [3.05, 3.63) is 46.6 Å². The smallest absolute Gasteiger partial charge is 0.214 e. The third kappa shape index (κ3) is 2.67. The number of benzene rings is 1. The van der Waals surface area contributed by atoms with Crippen LogP contribution in [0.25, 0.3) is 0 Å². The minimum atomic E-state index is -0.973. The summed E-state index contributed by atoms with van der Waals surface area (Å²) in [5.41, 5.74) is 1.12. The summed E-state index contributed by atoms with van der Waals surface area (Å²) in [7, 11) is 0. The van der Waals surface area contributed by atoms with Crippen LogP contribution in [0.1, 0.15) is 18.9 Å². The van der Waals surface area contributed by atoms with Crippen LogP contribution in [0.5, 0.6) is 0 Å². The van der Waals surface area contributed by atoms with Gasteiger partial charge in [-0.2, -0.15) is 0 Å². The second-order valence-electron chi connectivity index (χ2n) is 6.60. The third-order valence-corrected chi connectivity index (χ3v) is 6.34. The molecule has 4 rings (SSSR count). The lowest BCUT2D eigenvalue weighted by Gasteiger charge is -2.43. The van der Waals surface area contributed by atoms with Gasteiger partial charge in [0, 0.05) is 12.3 Å². The largest absolute Gasteiger partial charge is 0.467 e. The van der Waals surface area contributed by atoms with Crippen molar-refractivity contribution in [3.63, 3.8) is 0 Å². The molecule has 0 radical (unpaired) electrons. The summed E-state index contributed by atoms with van der Waals surface area (Å²) in [6.07, 6.45) is -1.82. The molecule has 1 aliphatic carbocycles. The molecule has 1 saturated heterocycles. The molecule has 6 atom stereocenters. The first kappa shape index (κ1) is 16.1. The molecule has 6 unspecified atom stereocenters. The highest BCUT2D eigenvalue weighted by Crippen LogP contribution is 2.47. The minimum Gasteiger partial charge on any atom is -0.467 e. The van der Waals surface area contributed by atoms with Gasteiger partial charge in [-0.05, 0) is 18.9 Å². The molecule has 2 N–H and O–H groups in total. The van der Waals surface area contributed by atoms with Crippen LogP contribution >= 0.6 is 11.8 Å². The van der Waals surface area contributed by atoms with Gasteiger partial charge in [0.05, 0.1) is 11.0 Å². The SMILES string of the molecule is CC1OC2OC3=C(SC2C(O)C1O)C(=O)C(Cc1ccccc1)C3. The number of hydrogen-bond acceptors (Lipinski definition) is 6. The zero-order valence-electron chi connectivity index (χ0n) is 13.3. The van der Waals surface area contributed by atoms with E-state index in [1.807, 2.05) is 30.3 Å². The fraction of sp³-hybridized carbons (Fsp3) is 0.500. The quantitative estimate of drug-likeness (QED) is 0.846. The molecule has 3 aliphatic rings. The van der Waals surface area contributed by atoms with Crippen LogP contribution in [0.15, 0.2) is 41.0 Å². The van der Waals surface area contributed by atoms with Gasteiger partial charge in [-0.25, -0.2) is 0 Å². The Balaban J connectivity index is 1.51. The predicted octanol–water partition coefficient (Wildman–Crippen LogP) is 1.63. The molecule has 128 valence electrons. The monoisotopic (exact) mass is 348 g/mol. The molecule has 1 fully saturated rings. The summed E-state index contributed by atoms with van der Waals surface area (Å²) in [4.78, 5) is 13.3. The van der Waals surface area contributed by atoms with E-state index < -0.39 is 29.9 Å². The Hall–Kier alpha value is -1.34. The maximum absolute atomic E-state index is 12.7. The van der Waals surface area contributed by atoms with Crippen molar-refractivity contribution in [2.75, 3.05) is 0 Å². The van der Waals surface area contributed by atoms with Gasteiger partial charge in [0.15, 0.2) is 5.78 Å². The Bertz CT molecular complexity index is 673. The van der Waals surface area contributed by atoms with E-state index in [0.29, 0.717) is 23.5 Å².